The molecule has 1 aromatic rings. The first kappa shape index (κ1) is 18.9. The molecule has 22 heavy (non-hydrogen) atoms. The predicted molar refractivity (Wildman–Crippen MR) is 90.9 cm³/mol. The van der Waals surface area contributed by atoms with Gasteiger partial charge >= 0.3 is 0 Å². The van der Waals surface area contributed by atoms with Gasteiger partial charge in [-0.15, -0.1) is 0 Å². The molecule has 0 aliphatic rings. The average molecular weight is 346 g/mol. The minimum Gasteiger partial charge on any atom is -0.496 e. The van der Waals surface area contributed by atoms with Crippen molar-refractivity contribution in [1.29, 1.82) is 0 Å². The van der Waals surface area contributed by atoms with Crippen LogP contribution in [0, 0.1) is 10.1 Å². The molecule has 0 bridgehead atoms. The molecule has 124 valence electrons. The Kier molecular flexibility index (Phi) is 7.32. The van der Waals surface area contributed by atoms with Crippen LogP contribution >= 0.6 is 11.6 Å². The lowest BCUT2D eigenvalue weighted by atomic mass is 10.1. The van der Waals surface area contributed by atoms with Crippen LogP contribution in [-0.2, 0) is 4.43 Å². The molecule has 0 aliphatic heterocycles. The molecule has 0 saturated carbocycles. The molecule has 1 atom stereocenters. The zero-order valence-corrected chi connectivity index (χ0v) is 15.4. The van der Waals surface area contributed by atoms with Gasteiger partial charge in [0.2, 0.25) is 6.54 Å². The maximum atomic E-state index is 11.1. The van der Waals surface area contributed by atoms with E-state index in [-0.39, 0.29) is 11.5 Å². The number of hydrogen-bond acceptors (Lipinski definition) is 4. The third-order valence-corrected chi connectivity index (χ3v) is 9.18. The van der Waals surface area contributed by atoms with Crippen molar-refractivity contribution in [1.82, 2.24) is 0 Å². The standard InChI is InChI=1S/C15H24ClNO4Si/c1-5-22(6-2,7-3)21-14(11-17(18)19)15-12(16)9-8-10-13(15)20-4/h8-10,14H,5-7,11H2,1-4H3. The molecule has 1 unspecified atom stereocenters. The molecule has 0 aliphatic carbocycles. The van der Waals surface area contributed by atoms with Gasteiger partial charge < -0.3 is 9.16 Å². The van der Waals surface area contributed by atoms with Gasteiger partial charge in [0.15, 0.2) is 8.32 Å². The van der Waals surface area contributed by atoms with Crippen molar-refractivity contribution in [3.8, 4) is 5.75 Å². The highest BCUT2D eigenvalue weighted by atomic mass is 35.5. The van der Waals surface area contributed by atoms with Gasteiger partial charge in [0.05, 0.1) is 12.1 Å². The molecule has 0 fully saturated rings. The second-order valence-corrected chi connectivity index (χ2v) is 10.4. The van der Waals surface area contributed by atoms with Crippen LogP contribution in [0.4, 0.5) is 0 Å². The molecule has 1 aromatic carbocycles. The van der Waals surface area contributed by atoms with Gasteiger partial charge in [-0.3, -0.25) is 10.1 Å². The molecule has 0 radical (unpaired) electrons. The Hall–Kier alpha value is -1.11. The van der Waals surface area contributed by atoms with Gasteiger partial charge in [0.25, 0.3) is 0 Å². The molecule has 5 nitrogen and oxygen atoms in total. The zero-order chi connectivity index (χ0) is 16.8. The van der Waals surface area contributed by atoms with Crippen molar-refractivity contribution in [2.24, 2.45) is 0 Å². The molecular formula is C15H24ClNO4Si. The van der Waals surface area contributed by atoms with Crippen molar-refractivity contribution in [3.05, 3.63) is 38.9 Å². The minimum atomic E-state index is -2.01. The van der Waals surface area contributed by atoms with E-state index in [1.54, 1.807) is 18.2 Å². The molecular weight excluding hydrogens is 322 g/mol. The van der Waals surface area contributed by atoms with E-state index < -0.39 is 14.4 Å². The van der Waals surface area contributed by atoms with Gasteiger partial charge in [-0.25, -0.2) is 0 Å². The number of halogens is 1. The number of ether oxygens (including phenoxy) is 1. The van der Waals surface area contributed by atoms with E-state index in [2.05, 4.69) is 20.8 Å². The molecule has 0 heterocycles. The number of nitro groups is 1. The number of benzene rings is 1. The van der Waals surface area contributed by atoms with Gasteiger partial charge in [-0.1, -0.05) is 38.4 Å². The van der Waals surface area contributed by atoms with Gasteiger partial charge in [-0.2, -0.15) is 0 Å². The lowest BCUT2D eigenvalue weighted by Crippen LogP contribution is -2.39. The summed E-state index contributed by atoms with van der Waals surface area (Å²) >= 11 is 6.28. The van der Waals surface area contributed by atoms with Crippen LogP contribution in [-0.4, -0.2) is 26.9 Å². The fourth-order valence-corrected chi connectivity index (χ4v) is 5.72. The average Bonchev–Trinajstić information content (AvgIpc) is 2.51. The second-order valence-electron chi connectivity index (χ2n) is 5.22. The van der Waals surface area contributed by atoms with Gasteiger partial charge in [0.1, 0.15) is 11.9 Å². The van der Waals surface area contributed by atoms with E-state index >= 15 is 0 Å². The van der Waals surface area contributed by atoms with Crippen LogP contribution in [0.2, 0.25) is 23.2 Å². The number of hydrogen-bond donors (Lipinski definition) is 0. The highest BCUT2D eigenvalue weighted by Crippen LogP contribution is 2.38. The maximum Gasteiger partial charge on any atom is 0.232 e. The number of nitrogens with zero attached hydrogens (tertiary/aromatic N) is 1. The Morgan fingerprint density at radius 2 is 1.86 bits per heavy atom. The van der Waals surface area contributed by atoms with E-state index in [9.17, 15) is 10.1 Å². The third kappa shape index (κ3) is 4.44. The Bertz CT molecular complexity index is 500. The molecule has 0 N–H and O–H groups in total. The fraction of sp³-hybridized carbons (Fsp3) is 0.600. The summed E-state index contributed by atoms with van der Waals surface area (Å²) < 4.78 is 11.7. The highest BCUT2D eigenvalue weighted by Gasteiger charge is 2.36. The van der Waals surface area contributed by atoms with Crippen molar-refractivity contribution >= 4 is 19.9 Å². The first-order valence-corrected chi connectivity index (χ1v) is 10.5. The van der Waals surface area contributed by atoms with Crippen LogP contribution in [0.25, 0.3) is 0 Å². The molecule has 0 amide bonds. The van der Waals surface area contributed by atoms with Crippen molar-refractivity contribution in [3.63, 3.8) is 0 Å². The molecule has 0 saturated heterocycles. The zero-order valence-electron chi connectivity index (χ0n) is 13.6. The Morgan fingerprint density at radius 3 is 2.32 bits per heavy atom. The lowest BCUT2D eigenvalue weighted by Gasteiger charge is -2.32. The first-order valence-electron chi connectivity index (χ1n) is 7.55. The van der Waals surface area contributed by atoms with Crippen molar-refractivity contribution in [2.75, 3.05) is 13.7 Å². The largest absolute Gasteiger partial charge is 0.496 e. The van der Waals surface area contributed by atoms with Gasteiger partial charge in [0, 0.05) is 10.5 Å². The van der Waals surface area contributed by atoms with Crippen molar-refractivity contribution in [2.45, 2.75) is 45.0 Å². The smallest absolute Gasteiger partial charge is 0.232 e. The topological polar surface area (TPSA) is 61.6 Å². The molecule has 0 aromatic heterocycles. The van der Waals surface area contributed by atoms with Crippen LogP contribution in [0.3, 0.4) is 0 Å². The number of rotatable bonds is 9. The van der Waals surface area contributed by atoms with Gasteiger partial charge in [-0.05, 0) is 30.3 Å². The van der Waals surface area contributed by atoms with Crippen molar-refractivity contribution < 1.29 is 14.1 Å². The van der Waals surface area contributed by atoms with E-state index in [1.165, 1.54) is 7.11 Å². The van der Waals surface area contributed by atoms with Crippen LogP contribution in [0.15, 0.2) is 18.2 Å². The van der Waals surface area contributed by atoms with Crippen LogP contribution in [0.1, 0.15) is 32.4 Å². The first-order chi connectivity index (χ1) is 10.4. The highest BCUT2D eigenvalue weighted by molar-refractivity contribution is 6.73. The lowest BCUT2D eigenvalue weighted by molar-refractivity contribution is -0.490. The van der Waals surface area contributed by atoms with Crippen LogP contribution in [0.5, 0.6) is 5.75 Å². The summed E-state index contributed by atoms with van der Waals surface area (Å²) in [5, 5.41) is 11.5. The van der Waals surface area contributed by atoms with Crippen LogP contribution < -0.4 is 4.74 Å². The summed E-state index contributed by atoms with van der Waals surface area (Å²) in [6.45, 7) is 5.96. The summed E-state index contributed by atoms with van der Waals surface area (Å²) in [5.41, 5.74) is 0.579. The normalized spacial score (nSPS) is 13.0. The Balaban J connectivity index is 3.27. The summed E-state index contributed by atoms with van der Waals surface area (Å²) in [7, 11) is -0.477. The molecule has 0 spiro atoms. The van der Waals surface area contributed by atoms with E-state index in [0.29, 0.717) is 16.3 Å². The maximum absolute atomic E-state index is 11.1. The van der Waals surface area contributed by atoms with E-state index in [0.717, 1.165) is 18.1 Å². The summed E-state index contributed by atoms with van der Waals surface area (Å²) in [5.74, 6) is 0.533. The third-order valence-electron chi connectivity index (χ3n) is 4.19. The molecule has 7 heteroatoms. The molecule has 1 rings (SSSR count). The summed E-state index contributed by atoms with van der Waals surface area (Å²) in [4.78, 5) is 10.7. The minimum absolute atomic E-state index is 0.311. The van der Waals surface area contributed by atoms with E-state index in [4.69, 9.17) is 20.8 Å². The monoisotopic (exact) mass is 345 g/mol. The summed E-state index contributed by atoms with van der Waals surface area (Å²) in [6, 6.07) is 7.98. The number of methoxy groups -OCH3 is 1. The Morgan fingerprint density at radius 1 is 1.27 bits per heavy atom. The van der Waals surface area contributed by atoms with E-state index in [1.807, 2.05) is 0 Å². The Labute approximate surface area is 137 Å². The predicted octanol–water partition coefficient (Wildman–Crippen LogP) is 4.69. The quantitative estimate of drug-likeness (QED) is 0.370. The SMILES string of the molecule is CC[Si](CC)(CC)OC(C[N+](=O)[O-])c1c(Cl)cccc1OC. The fourth-order valence-electron chi connectivity index (χ4n) is 2.63. The second kappa shape index (κ2) is 8.50. The summed E-state index contributed by atoms with van der Waals surface area (Å²) in [6.07, 6.45) is -0.676.